The van der Waals surface area contributed by atoms with Crippen molar-refractivity contribution in [2.24, 2.45) is 0 Å². The largest absolute Gasteiger partial charge is 0.465 e. The van der Waals surface area contributed by atoms with Crippen molar-refractivity contribution in [1.82, 2.24) is 9.38 Å². The van der Waals surface area contributed by atoms with E-state index < -0.39 is 17.9 Å². The van der Waals surface area contributed by atoms with Crippen LogP contribution in [0, 0.1) is 11.3 Å². The first-order valence-electron chi connectivity index (χ1n) is 8.39. The lowest BCUT2D eigenvalue weighted by Gasteiger charge is -2.15. The highest BCUT2D eigenvalue weighted by molar-refractivity contribution is 7.15. The molecule has 138 valence electrons. The van der Waals surface area contributed by atoms with Crippen molar-refractivity contribution in [2.45, 2.75) is 19.8 Å². The van der Waals surface area contributed by atoms with E-state index in [-0.39, 0.29) is 13.2 Å². The summed E-state index contributed by atoms with van der Waals surface area (Å²) in [5.41, 5.74) is 2.08. The van der Waals surface area contributed by atoms with Gasteiger partial charge in [-0.25, -0.2) is 4.98 Å². The van der Waals surface area contributed by atoms with Gasteiger partial charge in [-0.05, 0) is 26.0 Å². The number of carbonyl (C=O) groups excluding carboxylic acids is 2. The molecule has 0 bridgehead atoms. The summed E-state index contributed by atoms with van der Waals surface area (Å²) >= 11 is 1.39. The predicted octanol–water partition coefficient (Wildman–Crippen LogP) is 3.14. The summed E-state index contributed by atoms with van der Waals surface area (Å²) in [6.07, 6.45) is 1.75. The van der Waals surface area contributed by atoms with Gasteiger partial charge in [0.1, 0.15) is 0 Å². The molecule has 0 aliphatic rings. The minimum Gasteiger partial charge on any atom is -0.465 e. The summed E-state index contributed by atoms with van der Waals surface area (Å²) in [6.45, 7) is 3.65. The van der Waals surface area contributed by atoms with E-state index in [1.165, 1.54) is 11.3 Å². The zero-order chi connectivity index (χ0) is 19.4. The van der Waals surface area contributed by atoms with Crippen molar-refractivity contribution in [3.05, 3.63) is 47.1 Å². The maximum atomic E-state index is 12.6. The minimum atomic E-state index is -1.25. The molecule has 0 spiro atoms. The van der Waals surface area contributed by atoms with E-state index in [2.05, 4.69) is 11.1 Å². The number of aromatic nitrogens is 2. The molecule has 8 heteroatoms. The SMILES string of the molecule is CCOC(=O)C(C(=O)OCC)c1c(-c2ccc(C#N)cc2)nc2sccn12. The van der Waals surface area contributed by atoms with Gasteiger partial charge in [0, 0.05) is 17.1 Å². The zero-order valence-electron chi connectivity index (χ0n) is 14.8. The van der Waals surface area contributed by atoms with E-state index in [1.54, 1.807) is 48.7 Å². The van der Waals surface area contributed by atoms with Crippen molar-refractivity contribution in [1.29, 1.82) is 5.26 Å². The van der Waals surface area contributed by atoms with Gasteiger partial charge >= 0.3 is 11.9 Å². The van der Waals surface area contributed by atoms with Crippen LogP contribution in [0.25, 0.3) is 16.2 Å². The average molecular weight is 383 g/mol. The Labute approximate surface area is 159 Å². The van der Waals surface area contributed by atoms with Crippen LogP contribution >= 0.6 is 11.3 Å². The second kappa shape index (κ2) is 8.01. The van der Waals surface area contributed by atoms with Crippen LogP contribution in [0.5, 0.6) is 0 Å². The van der Waals surface area contributed by atoms with Crippen LogP contribution in [0.3, 0.4) is 0 Å². The molecule has 2 heterocycles. The highest BCUT2D eigenvalue weighted by atomic mass is 32.1. The van der Waals surface area contributed by atoms with Gasteiger partial charge in [-0.1, -0.05) is 12.1 Å². The minimum absolute atomic E-state index is 0.145. The molecular formula is C19H17N3O4S. The molecule has 0 saturated carbocycles. The fourth-order valence-corrected chi connectivity index (χ4v) is 3.49. The molecule has 0 unspecified atom stereocenters. The number of benzene rings is 1. The molecule has 27 heavy (non-hydrogen) atoms. The summed E-state index contributed by atoms with van der Waals surface area (Å²) in [7, 11) is 0. The first-order valence-corrected chi connectivity index (χ1v) is 9.27. The van der Waals surface area contributed by atoms with Crippen LogP contribution < -0.4 is 0 Å². The van der Waals surface area contributed by atoms with Crippen LogP contribution in [0.4, 0.5) is 0 Å². The van der Waals surface area contributed by atoms with Crippen LogP contribution in [0.15, 0.2) is 35.8 Å². The Balaban J connectivity index is 2.19. The highest BCUT2D eigenvalue weighted by Gasteiger charge is 2.37. The normalized spacial score (nSPS) is 10.7. The zero-order valence-corrected chi connectivity index (χ0v) is 15.7. The van der Waals surface area contributed by atoms with Gasteiger partial charge in [0.2, 0.25) is 0 Å². The predicted molar refractivity (Wildman–Crippen MR) is 99.2 cm³/mol. The Kier molecular flexibility index (Phi) is 5.52. The van der Waals surface area contributed by atoms with Gasteiger partial charge in [-0.3, -0.25) is 14.0 Å². The molecular weight excluding hydrogens is 366 g/mol. The van der Waals surface area contributed by atoms with Crippen molar-refractivity contribution >= 4 is 28.2 Å². The quantitative estimate of drug-likeness (QED) is 0.479. The number of hydrogen-bond acceptors (Lipinski definition) is 7. The second-order valence-electron chi connectivity index (χ2n) is 5.53. The molecule has 0 radical (unpaired) electrons. The molecule has 0 saturated heterocycles. The van der Waals surface area contributed by atoms with Crippen LogP contribution in [-0.2, 0) is 19.1 Å². The molecule has 0 amide bonds. The van der Waals surface area contributed by atoms with Crippen LogP contribution in [0.1, 0.15) is 31.0 Å². The van der Waals surface area contributed by atoms with Crippen molar-refractivity contribution in [3.63, 3.8) is 0 Å². The Morgan fingerprint density at radius 1 is 1.19 bits per heavy atom. The summed E-state index contributed by atoms with van der Waals surface area (Å²) in [5.74, 6) is -2.61. The van der Waals surface area contributed by atoms with Gasteiger partial charge in [0.05, 0.1) is 36.2 Å². The number of esters is 2. The maximum Gasteiger partial charge on any atom is 0.326 e. The van der Waals surface area contributed by atoms with Crippen molar-refractivity contribution in [2.75, 3.05) is 13.2 Å². The lowest BCUT2D eigenvalue weighted by molar-refractivity contribution is -0.157. The number of thiazole rings is 1. The molecule has 0 aliphatic carbocycles. The van der Waals surface area contributed by atoms with Gasteiger partial charge in [0.25, 0.3) is 0 Å². The number of nitrogens with zero attached hydrogens (tertiary/aromatic N) is 3. The molecule has 3 rings (SSSR count). The van der Waals surface area contributed by atoms with E-state index >= 15 is 0 Å². The maximum absolute atomic E-state index is 12.6. The molecule has 2 aromatic heterocycles. The van der Waals surface area contributed by atoms with Gasteiger partial charge in [-0.15, -0.1) is 11.3 Å². The molecule has 0 fully saturated rings. The third-order valence-electron chi connectivity index (χ3n) is 3.90. The van der Waals surface area contributed by atoms with E-state index in [0.717, 1.165) is 0 Å². The number of ether oxygens (including phenoxy) is 2. The summed E-state index contributed by atoms with van der Waals surface area (Å²) in [6, 6.07) is 8.86. The Hall–Kier alpha value is -3.18. The lowest BCUT2D eigenvalue weighted by Crippen LogP contribution is -2.27. The Bertz CT molecular complexity index is 996. The van der Waals surface area contributed by atoms with Crippen molar-refractivity contribution < 1.29 is 19.1 Å². The monoisotopic (exact) mass is 383 g/mol. The third-order valence-corrected chi connectivity index (χ3v) is 4.66. The summed E-state index contributed by atoms with van der Waals surface area (Å²) in [4.78, 5) is 30.4. The molecule has 0 atom stereocenters. The number of fused-ring (bicyclic) bond motifs is 1. The Morgan fingerprint density at radius 2 is 1.81 bits per heavy atom. The number of nitriles is 1. The van der Waals surface area contributed by atoms with E-state index in [9.17, 15) is 9.59 Å². The first-order chi connectivity index (χ1) is 13.1. The molecule has 3 aromatic rings. The van der Waals surface area contributed by atoms with Crippen molar-refractivity contribution in [3.8, 4) is 17.3 Å². The van der Waals surface area contributed by atoms with Gasteiger partial charge in [-0.2, -0.15) is 5.26 Å². The molecule has 0 N–H and O–H groups in total. The molecule has 7 nitrogen and oxygen atoms in total. The number of hydrogen-bond donors (Lipinski definition) is 0. The summed E-state index contributed by atoms with van der Waals surface area (Å²) < 4.78 is 12.0. The fraction of sp³-hybridized carbons (Fsp3) is 0.263. The Morgan fingerprint density at radius 3 is 2.37 bits per heavy atom. The first kappa shape index (κ1) is 18.6. The van der Waals surface area contributed by atoms with E-state index in [0.29, 0.717) is 27.5 Å². The third kappa shape index (κ3) is 3.55. The second-order valence-corrected chi connectivity index (χ2v) is 6.40. The van der Waals surface area contributed by atoms with Gasteiger partial charge in [0.15, 0.2) is 10.9 Å². The van der Waals surface area contributed by atoms with Crippen LogP contribution in [-0.4, -0.2) is 34.5 Å². The number of carbonyl (C=O) groups is 2. The molecule has 1 aromatic carbocycles. The topological polar surface area (TPSA) is 93.7 Å². The van der Waals surface area contributed by atoms with Crippen LogP contribution in [0.2, 0.25) is 0 Å². The van der Waals surface area contributed by atoms with Gasteiger partial charge < -0.3 is 9.47 Å². The highest BCUT2D eigenvalue weighted by Crippen LogP contribution is 2.33. The fourth-order valence-electron chi connectivity index (χ4n) is 2.76. The lowest BCUT2D eigenvalue weighted by atomic mass is 9.99. The number of rotatable bonds is 6. The summed E-state index contributed by atoms with van der Waals surface area (Å²) in [5, 5.41) is 10.8. The van der Waals surface area contributed by atoms with E-state index in [1.807, 2.05) is 5.38 Å². The smallest absolute Gasteiger partial charge is 0.326 e. The number of imidazole rings is 1. The average Bonchev–Trinajstić information content (AvgIpc) is 3.25. The standard InChI is InChI=1S/C19H17N3O4S/c1-3-25-17(23)14(18(24)26-4-2)16-15(21-19-22(16)9-10-27-19)13-7-5-12(11-20)6-8-13/h5-10,14H,3-4H2,1-2H3. The van der Waals surface area contributed by atoms with E-state index in [4.69, 9.17) is 14.7 Å². The molecule has 0 aliphatic heterocycles.